The van der Waals surface area contributed by atoms with Gasteiger partial charge in [0.1, 0.15) is 6.61 Å². The Labute approximate surface area is 71.3 Å². The van der Waals surface area contributed by atoms with Gasteiger partial charge in [-0.1, -0.05) is 0 Å². The minimum absolute atomic E-state index is 0.208. The van der Waals surface area contributed by atoms with Gasteiger partial charge in [-0.05, 0) is 6.92 Å². The molecule has 1 unspecified atom stereocenters. The molecular formula is C7H16F2N2O. The molecule has 0 aliphatic heterocycles. The molecule has 0 aliphatic carbocycles. The first-order valence-electron chi connectivity index (χ1n) is 3.96. The first-order valence-corrected chi connectivity index (χ1v) is 3.96. The third-order valence-corrected chi connectivity index (χ3v) is 1.34. The third kappa shape index (κ3) is 7.84. The van der Waals surface area contributed by atoms with Crippen LogP contribution in [0.25, 0.3) is 0 Å². The van der Waals surface area contributed by atoms with E-state index in [0.29, 0.717) is 19.7 Å². The van der Waals surface area contributed by atoms with Crippen molar-refractivity contribution in [2.75, 3.05) is 26.3 Å². The van der Waals surface area contributed by atoms with Gasteiger partial charge in [0.05, 0.1) is 6.61 Å². The fraction of sp³-hybridized carbons (Fsp3) is 1.00. The molecule has 0 aliphatic rings. The van der Waals surface area contributed by atoms with Crippen LogP contribution < -0.4 is 11.1 Å². The summed E-state index contributed by atoms with van der Waals surface area (Å²) in [5.41, 5.74) is 5.31. The lowest BCUT2D eigenvalue weighted by atomic mass is 10.3. The summed E-state index contributed by atoms with van der Waals surface area (Å²) in [6.07, 6.45) is -2.38. The van der Waals surface area contributed by atoms with Crippen molar-refractivity contribution < 1.29 is 13.5 Å². The van der Waals surface area contributed by atoms with Crippen molar-refractivity contribution in [3.63, 3.8) is 0 Å². The third-order valence-electron chi connectivity index (χ3n) is 1.34. The van der Waals surface area contributed by atoms with Crippen LogP contribution in [0.2, 0.25) is 0 Å². The Morgan fingerprint density at radius 3 is 2.67 bits per heavy atom. The van der Waals surface area contributed by atoms with Gasteiger partial charge in [-0.3, -0.25) is 0 Å². The van der Waals surface area contributed by atoms with E-state index in [1.807, 2.05) is 6.92 Å². The zero-order valence-corrected chi connectivity index (χ0v) is 7.22. The summed E-state index contributed by atoms with van der Waals surface area (Å²) in [5, 5.41) is 3.01. The van der Waals surface area contributed by atoms with Crippen LogP contribution >= 0.6 is 0 Å². The number of rotatable bonds is 7. The van der Waals surface area contributed by atoms with E-state index in [0.717, 1.165) is 0 Å². The first-order chi connectivity index (χ1) is 5.66. The molecule has 0 bridgehead atoms. The topological polar surface area (TPSA) is 47.3 Å². The van der Waals surface area contributed by atoms with E-state index in [9.17, 15) is 8.78 Å². The standard InChI is InChI=1S/C7H16F2N2O/c1-6(4-10)11-2-3-12-5-7(8)9/h6-7,11H,2-5,10H2,1H3. The quantitative estimate of drug-likeness (QED) is 0.553. The molecule has 0 fully saturated rings. The van der Waals surface area contributed by atoms with Gasteiger partial charge in [-0.2, -0.15) is 0 Å². The second-order valence-corrected chi connectivity index (χ2v) is 2.56. The Morgan fingerprint density at radius 2 is 2.17 bits per heavy atom. The number of hydrogen-bond donors (Lipinski definition) is 2. The Kier molecular flexibility index (Phi) is 7.23. The maximum Gasteiger partial charge on any atom is 0.261 e. The molecule has 0 saturated carbocycles. The predicted molar refractivity (Wildman–Crippen MR) is 43.3 cm³/mol. The van der Waals surface area contributed by atoms with Crippen LogP contribution in [0, 0.1) is 0 Å². The molecule has 74 valence electrons. The van der Waals surface area contributed by atoms with Crippen molar-refractivity contribution in [2.45, 2.75) is 19.4 Å². The molecule has 0 aromatic carbocycles. The van der Waals surface area contributed by atoms with Crippen molar-refractivity contribution in [2.24, 2.45) is 5.73 Å². The van der Waals surface area contributed by atoms with Crippen molar-refractivity contribution in [3.05, 3.63) is 0 Å². The van der Waals surface area contributed by atoms with Gasteiger partial charge in [-0.25, -0.2) is 8.78 Å². The molecule has 0 saturated heterocycles. The molecule has 0 spiro atoms. The van der Waals surface area contributed by atoms with Crippen LogP contribution in [0.3, 0.4) is 0 Å². The van der Waals surface area contributed by atoms with E-state index in [4.69, 9.17) is 5.73 Å². The monoisotopic (exact) mass is 182 g/mol. The lowest BCUT2D eigenvalue weighted by Gasteiger charge is -2.10. The minimum atomic E-state index is -2.38. The van der Waals surface area contributed by atoms with E-state index >= 15 is 0 Å². The molecule has 3 nitrogen and oxygen atoms in total. The molecule has 0 aromatic rings. The molecule has 5 heteroatoms. The number of nitrogens with one attached hydrogen (secondary N) is 1. The van der Waals surface area contributed by atoms with E-state index in [2.05, 4.69) is 10.1 Å². The predicted octanol–water partition coefficient (Wildman–Crippen LogP) is 0.205. The summed E-state index contributed by atoms with van der Waals surface area (Å²) in [7, 11) is 0. The van der Waals surface area contributed by atoms with Crippen molar-refractivity contribution in [1.82, 2.24) is 5.32 Å². The van der Waals surface area contributed by atoms with Crippen LogP contribution in [0.1, 0.15) is 6.92 Å². The number of halogens is 2. The Balaban J connectivity index is 3.00. The summed E-state index contributed by atoms with van der Waals surface area (Å²) < 4.78 is 27.7. The molecule has 0 aromatic heterocycles. The van der Waals surface area contributed by atoms with Crippen LogP contribution in [0.4, 0.5) is 8.78 Å². The van der Waals surface area contributed by atoms with Crippen LogP contribution in [-0.2, 0) is 4.74 Å². The highest BCUT2D eigenvalue weighted by Crippen LogP contribution is 1.91. The van der Waals surface area contributed by atoms with Gasteiger partial charge in [0.25, 0.3) is 6.43 Å². The van der Waals surface area contributed by atoms with Crippen molar-refractivity contribution >= 4 is 0 Å². The van der Waals surface area contributed by atoms with E-state index < -0.39 is 13.0 Å². The van der Waals surface area contributed by atoms with Crippen LogP contribution in [-0.4, -0.2) is 38.8 Å². The van der Waals surface area contributed by atoms with Gasteiger partial charge in [-0.15, -0.1) is 0 Å². The van der Waals surface area contributed by atoms with Gasteiger partial charge in [0.2, 0.25) is 0 Å². The van der Waals surface area contributed by atoms with Gasteiger partial charge < -0.3 is 15.8 Å². The molecule has 1 atom stereocenters. The lowest BCUT2D eigenvalue weighted by Crippen LogP contribution is -2.35. The number of hydrogen-bond acceptors (Lipinski definition) is 3. The Morgan fingerprint density at radius 1 is 1.50 bits per heavy atom. The van der Waals surface area contributed by atoms with E-state index in [1.165, 1.54) is 0 Å². The summed E-state index contributed by atoms with van der Waals surface area (Å²) >= 11 is 0. The first kappa shape index (κ1) is 11.7. The number of nitrogens with two attached hydrogens (primary N) is 1. The highest BCUT2D eigenvalue weighted by molar-refractivity contribution is 4.59. The smallest absolute Gasteiger partial charge is 0.261 e. The summed E-state index contributed by atoms with van der Waals surface area (Å²) in [6, 6.07) is 0.208. The minimum Gasteiger partial charge on any atom is -0.374 e. The molecular weight excluding hydrogens is 166 g/mol. The highest BCUT2D eigenvalue weighted by atomic mass is 19.3. The SMILES string of the molecule is CC(CN)NCCOCC(F)F. The fourth-order valence-electron chi connectivity index (χ4n) is 0.633. The zero-order chi connectivity index (χ0) is 9.40. The largest absolute Gasteiger partial charge is 0.374 e. The van der Waals surface area contributed by atoms with E-state index in [1.54, 1.807) is 0 Å². The summed E-state index contributed by atoms with van der Waals surface area (Å²) in [4.78, 5) is 0. The average molecular weight is 182 g/mol. The van der Waals surface area contributed by atoms with Crippen molar-refractivity contribution in [3.8, 4) is 0 Å². The zero-order valence-electron chi connectivity index (χ0n) is 7.22. The second-order valence-electron chi connectivity index (χ2n) is 2.56. The maximum absolute atomic E-state index is 11.5. The number of alkyl halides is 2. The molecule has 3 N–H and O–H groups in total. The molecule has 12 heavy (non-hydrogen) atoms. The second kappa shape index (κ2) is 7.39. The van der Waals surface area contributed by atoms with Gasteiger partial charge >= 0.3 is 0 Å². The van der Waals surface area contributed by atoms with Crippen molar-refractivity contribution in [1.29, 1.82) is 0 Å². The summed E-state index contributed by atoms with van der Waals surface area (Å²) in [6.45, 7) is 2.83. The van der Waals surface area contributed by atoms with Gasteiger partial charge in [0, 0.05) is 19.1 Å². The lowest BCUT2D eigenvalue weighted by molar-refractivity contribution is 0.0184. The summed E-state index contributed by atoms with van der Waals surface area (Å²) in [5.74, 6) is 0. The average Bonchev–Trinajstić information content (AvgIpc) is 2.03. The normalized spacial score (nSPS) is 13.8. The molecule has 0 heterocycles. The van der Waals surface area contributed by atoms with E-state index in [-0.39, 0.29) is 6.04 Å². The molecule has 0 amide bonds. The Bertz CT molecular complexity index is 103. The van der Waals surface area contributed by atoms with Gasteiger partial charge in [0.15, 0.2) is 0 Å². The molecule has 0 radical (unpaired) electrons. The maximum atomic E-state index is 11.5. The Hall–Kier alpha value is -0.260. The number of ether oxygens (including phenoxy) is 1. The highest BCUT2D eigenvalue weighted by Gasteiger charge is 2.01. The van der Waals surface area contributed by atoms with Crippen LogP contribution in [0.15, 0.2) is 0 Å². The van der Waals surface area contributed by atoms with Crippen LogP contribution in [0.5, 0.6) is 0 Å². The fourth-order valence-corrected chi connectivity index (χ4v) is 0.633. The molecule has 0 rings (SSSR count).